The minimum Gasteiger partial charge on any atom is -0.289 e. The van der Waals surface area contributed by atoms with E-state index in [1.165, 1.54) is 35.8 Å². The highest BCUT2D eigenvalue weighted by Crippen LogP contribution is 2.14. The van der Waals surface area contributed by atoms with Crippen LogP contribution in [-0.4, -0.2) is 16.9 Å². The second kappa shape index (κ2) is 7.99. The van der Waals surface area contributed by atoms with Gasteiger partial charge in [-0.2, -0.15) is 0 Å². The van der Waals surface area contributed by atoms with E-state index >= 15 is 0 Å². The first kappa shape index (κ1) is 17.3. The van der Waals surface area contributed by atoms with Crippen molar-refractivity contribution in [1.29, 1.82) is 0 Å². The molecular formula is C19H16FNO3. The Balaban J connectivity index is 2.14. The van der Waals surface area contributed by atoms with E-state index in [0.29, 0.717) is 11.1 Å². The molecule has 0 aliphatic carbocycles. The van der Waals surface area contributed by atoms with E-state index in [0.717, 1.165) is 11.6 Å². The number of ketones is 1. The van der Waals surface area contributed by atoms with Crippen molar-refractivity contribution in [2.24, 2.45) is 0 Å². The van der Waals surface area contributed by atoms with Gasteiger partial charge in [0.05, 0.1) is 0 Å². The van der Waals surface area contributed by atoms with Crippen molar-refractivity contribution in [3.05, 3.63) is 82.7 Å². The van der Waals surface area contributed by atoms with Gasteiger partial charge >= 0.3 is 0 Å². The Kier molecular flexibility index (Phi) is 5.76. The number of hydrogen-bond acceptors (Lipinski definition) is 3. The van der Waals surface area contributed by atoms with Crippen LogP contribution in [0.15, 0.2) is 54.6 Å². The topological polar surface area (TPSA) is 66.4 Å². The molecule has 1 amide bonds. The number of hydroxylamine groups is 1. The van der Waals surface area contributed by atoms with Crippen LogP contribution in [0.2, 0.25) is 0 Å². The zero-order valence-electron chi connectivity index (χ0n) is 13.0. The Morgan fingerprint density at radius 3 is 2.54 bits per heavy atom. The molecule has 5 heteroatoms. The van der Waals surface area contributed by atoms with Gasteiger partial charge in [0.2, 0.25) is 0 Å². The third kappa shape index (κ3) is 4.72. The number of allylic oxidation sites excluding steroid dienone is 1. The summed E-state index contributed by atoms with van der Waals surface area (Å²) in [6.45, 7) is 1.89. The lowest BCUT2D eigenvalue weighted by Gasteiger charge is -2.00. The summed E-state index contributed by atoms with van der Waals surface area (Å²) in [6.07, 6.45) is 5.17. The molecule has 0 spiro atoms. The monoisotopic (exact) mass is 325 g/mol. The molecule has 0 unspecified atom stereocenters. The van der Waals surface area contributed by atoms with Crippen LogP contribution in [0.5, 0.6) is 0 Å². The summed E-state index contributed by atoms with van der Waals surface area (Å²) in [7, 11) is 0. The van der Waals surface area contributed by atoms with Crippen LogP contribution >= 0.6 is 0 Å². The minimum atomic E-state index is -0.705. The van der Waals surface area contributed by atoms with Gasteiger partial charge in [-0.1, -0.05) is 35.9 Å². The molecule has 4 nitrogen and oxygen atoms in total. The molecule has 0 heterocycles. The predicted octanol–water partition coefficient (Wildman–Crippen LogP) is 3.55. The first-order valence-corrected chi connectivity index (χ1v) is 7.20. The van der Waals surface area contributed by atoms with Gasteiger partial charge in [-0.05, 0) is 42.8 Å². The number of benzene rings is 2. The first-order valence-electron chi connectivity index (χ1n) is 7.20. The fourth-order valence-corrected chi connectivity index (χ4v) is 2.05. The first-order chi connectivity index (χ1) is 11.5. The van der Waals surface area contributed by atoms with Gasteiger partial charge in [-0.3, -0.25) is 14.8 Å². The van der Waals surface area contributed by atoms with Crippen molar-refractivity contribution in [3.63, 3.8) is 0 Å². The van der Waals surface area contributed by atoms with Crippen molar-refractivity contribution in [2.75, 3.05) is 0 Å². The van der Waals surface area contributed by atoms with Crippen molar-refractivity contribution in [3.8, 4) is 0 Å². The minimum absolute atomic E-state index is 0.207. The molecule has 2 N–H and O–H groups in total. The quantitative estimate of drug-likeness (QED) is 0.382. The highest BCUT2D eigenvalue weighted by Gasteiger charge is 2.04. The highest BCUT2D eigenvalue weighted by atomic mass is 19.1. The van der Waals surface area contributed by atoms with Gasteiger partial charge in [-0.25, -0.2) is 9.87 Å². The van der Waals surface area contributed by atoms with Crippen molar-refractivity contribution < 1.29 is 19.2 Å². The number of carbonyl (C=O) groups excluding carboxylic acids is 2. The lowest BCUT2D eigenvalue weighted by atomic mass is 10.1. The van der Waals surface area contributed by atoms with Crippen LogP contribution in [0.25, 0.3) is 12.2 Å². The number of carbonyl (C=O) groups is 2. The van der Waals surface area contributed by atoms with Crippen LogP contribution in [0.3, 0.4) is 0 Å². The molecule has 2 aromatic rings. The molecule has 0 radical (unpaired) electrons. The zero-order chi connectivity index (χ0) is 17.5. The number of rotatable bonds is 5. The molecule has 2 rings (SSSR count). The Morgan fingerprint density at radius 1 is 1.08 bits per heavy atom. The normalized spacial score (nSPS) is 11.1. The third-order valence-corrected chi connectivity index (χ3v) is 3.28. The molecule has 24 heavy (non-hydrogen) atoms. The summed E-state index contributed by atoms with van der Waals surface area (Å²) >= 11 is 0. The Bertz CT molecular complexity index is 825. The van der Waals surface area contributed by atoms with Crippen LogP contribution in [0.1, 0.15) is 27.0 Å². The summed E-state index contributed by atoms with van der Waals surface area (Å²) < 4.78 is 14.0. The van der Waals surface area contributed by atoms with E-state index in [9.17, 15) is 14.0 Å². The van der Waals surface area contributed by atoms with Gasteiger partial charge in [0, 0.05) is 17.2 Å². The average Bonchev–Trinajstić information content (AvgIpc) is 2.58. The molecule has 122 valence electrons. The molecule has 0 aliphatic rings. The van der Waals surface area contributed by atoms with E-state index in [-0.39, 0.29) is 11.3 Å². The standard InChI is InChI=1S/C19H16FNO3/c1-13-3-2-4-16(11-13)18(22)9-8-15-7-5-14(12-17(15)20)6-10-19(23)21-24/h2-12,24H,1H3,(H,21,23)/b9-8+,10-6+. The van der Waals surface area contributed by atoms with Crippen LogP contribution in [-0.2, 0) is 4.79 Å². The maximum atomic E-state index is 14.0. The zero-order valence-corrected chi connectivity index (χ0v) is 13.0. The van der Waals surface area contributed by atoms with Crippen LogP contribution in [0.4, 0.5) is 4.39 Å². The summed E-state index contributed by atoms with van der Waals surface area (Å²) in [5.41, 5.74) is 3.68. The molecule has 2 aromatic carbocycles. The number of nitrogens with one attached hydrogen (secondary N) is 1. The van der Waals surface area contributed by atoms with Gasteiger partial charge in [-0.15, -0.1) is 0 Å². The Morgan fingerprint density at radius 2 is 1.88 bits per heavy atom. The van der Waals surface area contributed by atoms with E-state index in [2.05, 4.69) is 0 Å². The average molecular weight is 325 g/mol. The van der Waals surface area contributed by atoms with Crippen molar-refractivity contribution in [1.82, 2.24) is 5.48 Å². The van der Waals surface area contributed by atoms with Gasteiger partial charge < -0.3 is 0 Å². The number of halogens is 1. The van der Waals surface area contributed by atoms with Crippen molar-refractivity contribution in [2.45, 2.75) is 6.92 Å². The molecule has 0 saturated heterocycles. The fourth-order valence-electron chi connectivity index (χ4n) is 2.05. The second-order valence-electron chi connectivity index (χ2n) is 5.16. The molecule has 0 aromatic heterocycles. The van der Waals surface area contributed by atoms with E-state index in [1.807, 2.05) is 13.0 Å². The number of aryl methyl sites for hydroxylation is 1. The molecule has 0 saturated carbocycles. The lowest BCUT2D eigenvalue weighted by Crippen LogP contribution is -2.14. The summed E-state index contributed by atoms with van der Waals surface area (Å²) in [5.74, 6) is -1.43. The molecule has 0 atom stereocenters. The van der Waals surface area contributed by atoms with E-state index in [4.69, 9.17) is 5.21 Å². The van der Waals surface area contributed by atoms with E-state index in [1.54, 1.807) is 24.3 Å². The molecule has 0 bridgehead atoms. The van der Waals surface area contributed by atoms with Gasteiger partial charge in [0.1, 0.15) is 5.82 Å². The summed E-state index contributed by atoms with van der Waals surface area (Å²) in [5, 5.41) is 8.38. The number of amides is 1. The van der Waals surface area contributed by atoms with Crippen LogP contribution in [0, 0.1) is 12.7 Å². The fraction of sp³-hybridized carbons (Fsp3) is 0.0526. The summed E-state index contributed by atoms with van der Waals surface area (Å²) in [4.78, 5) is 23.0. The molecule has 0 fully saturated rings. The Labute approximate surface area is 138 Å². The molecule has 0 aliphatic heterocycles. The highest BCUT2D eigenvalue weighted by molar-refractivity contribution is 6.06. The second-order valence-corrected chi connectivity index (χ2v) is 5.16. The Hall–Kier alpha value is -3.05. The van der Waals surface area contributed by atoms with Crippen molar-refractivity contribution >= 4 is 23.8 Å². The largest absolute Gasteiger partial charge is 0.289 e. The predicted molar refractivity (Wildman–Crippen MR) is 89.9 cm³/mol. The number of hydrogen-bond donors (Lipinski definition) is 2. The van der Waals surface area contributed by atoms with E-state index < -0.39 is 11.7 Å². The van der Waals surface area contributed by atoms with Crippen LogP contribution < -0.4 is 5.48 Å². The molecular weight excluding hydrogens is 309 g/mol. The SMILES string of the molecule is Cc1cccc(C(=O)/C=C/c2ccc(/C=C/C(=O)NO)cc2F)c1. The smallest absolute Gasteiger partial charge is 0.267 e. The third-order valence-electron chi connectivity index (χ3n) is 3.28. The van der Waals surface area contributed by atoms with Gasteiger partial charge in [0.25, 0.3) is 5.91 Å². The maximum Gasteiger partial charge on any atom is 0.267 e. The van der Waals surface area contributed by atoms with Gasteiger partial charge in [0.15, 0.2) is 5.78 Å². The maximum absolute atomic E-state index is 14.0. The lowest BCUT2D eigenvalue weighted by molar-refractivity contribution is -0.124. The summed E-state index contributed by atoms with van der Waals surface area (Å²) in [6, 6.07) is 11.5.